The zero-order valence-corrected chi connectivity index (χ0v) is 11.0. The van der Waals surface area contributed by atoms with E-state index in [-0.39, 0.29) is 10.6 Å². The number of carbonyl (C=O) groups is 1. The van der Waals surface area contributed by atoms with Crippen LogP contribution in [0.1, 0.15) is 15.9 Å². The van der Waals surface area contributed by atoms with Crippen LogP contribution in [0, 0.1) is 11.6 Å². The summed E-state index contributed by atoms with van der Waals surface area (Å²) in [6, 6.07) is 7.98. The van der Waals surface area contributed by atoms with Gasteiger partial charge in [-0.15, -0.1) is 0 Å². The highest BCUT2D eigenvalue weighted by Crippen LogP contribution is 2.20. The van der Waals surface area contributed by atoms with Crippen LogP contribution in [0.15, 0.2) is 36.4 Å². The Hall–Kier alpha value is -2.14. The fourth-order valence-corrected chi connectivity index (χ4v) is 1.92. The fourth-order valence-electron chi connectivity index (χ4n) is 1.69. The summed E-state index contributed by atoms with van der Waals surface area (Å²) in [6.07, 6.45) is 0. The van der Waals surface area contributed by atoms with E-state index in [1.165, 1.54) is 24.3 Å². The SMILES string of the molecule is NC(=O)c1cc(NCc2ccc(F)cc2Cl)ccc1F. The van der Waals surface area contributed by atoms with Gasteiger partial charge in [-0.3, -0.25) is 4.79 Å². The van der Waals surface area contributed by atoms with Gasteiger partial charge in [-0.2, -0.15) is 0 Å². The third-order valence-corrected chi connectivity index (χ3v) is 3.08. The molecule has 2 aromatic carbocycles. The predicted molar refractivity (Wildman–Crippen MR) is 73.7 cm³/mol. The maximum atomic E-state index is 13.3. The molecule has 2 aromatic rings. The molecule has 0 unspecified atom stereocenters. The van der Waals surface area contributed by atoms with E-state index in [4.69, 9.17) is 17.3 Å². The van der Waals surface area contributed by atoms with Crippen molar-refractivity contribution in [2.75, 3.05) is 5.32 Å². The van der Waals surface area contributed by atoms with Gasteiger partial charge in [0.1, 0.15) is 11.6 Å². The van der Waals surface area contributed by atoms with Gasteiger partial charge in [-0.25, -0.2) is 8.78 Å². The molecular weight excluding hydrogens is 286 g/mol. The van der Waals surface area contributed by atoms with E-state index < -0.39 is 17.5 Å². The van der Waals surface area contributed by atoms with Crippen molar-refractivity contribution in [2.24, 2.45) is 5.73 Å². The number of primary amides is 1. The van der Waals surface area contributed by atoms with E-state index in [9.17, 15) is 13.6 Å². The normalized spacial score (nSPS) is 10.3. The van der Waals surface area contributed by atoms with Crippen LogP contribution in [-0.4, -0.2) is 5.91 Å². The summed E-state index contributed by atoms with van der Waals surface area (Å²) in [7, 11) is 0. The average molecular weight is 297 g/mol. The molecule has 3 nitrogen and oxygen atoms in total. The van der Waals surface area contributed by atoms with Gasteiger partial charge in [0.25, 0.3) is 5.91 Å². The third kappa shape index (κ3) is 3.24. The van der Waals surface area contributed by atoms with E-state index in [0.29, 0.717) is 17.8 Å². The van der Waals surface area contributed by atoms with Crippen molar-refractivity contribution in [2.45, 2.75) is 6.54 Å². The van der Waals surface area contributed by atoms with Crippen molar-refractivity contribution in [3.63, 3.8) is 0 Å². The maximum absolute atomic E-state index is 13.3. The van der Waals surface area contributed by atoms with E-state index in [1.807, 2.05) is 0 Å². The van der Waals surface area contributed by atoms with Crippen LogP contribution < -0.4 is 11.1 Å². The van der Waals surface area contributed by atoms with Crippen LogP contribution in [0.4, 0.5) is 14.5 Å². The van der Waals surface area contributed by atoms with E-state index >= 15 is 0 Å². The standard InChI is InChI=1S/C14H11ClF2N2O/c15-12-5-9(16)2-1-8(12)7-19-10-3-4-13(17)11(6-10)14(18)20/h1-6,19H,7H2,(H2,18,20). The second-order valence-corrected chi connectivity index (χ2v) is 4.56. The molecule has 2 rings (SSSR count). The minimum Gasteiger partial charge on any atom is -0.381 e. The number of carbonyl (C=O) groups excluding carboxylic acids is 1. The number of benzene rings is 2. The van der Waals surface area contributed by atoms with Crippen LogP contribution in [0.5, 0.6) is 0 Å². The number of hydrogen-bond donors (Lipinski definition) is 2. The Balaban J connectivity index is 2.15. The van der Waals surface area contributed by atoms with Crippen LogP contribution in [0.25, 0.3) is 0 Å². The first-order valence-corrected chi connectivity index (χ1v) is 6.12. The average Bonchev–Trinajstić information content (AvgIpc) is 2.39. The van der Waals surface area contributed by atoms with Crippen LogP contribution >= 0.6 is 11.6 Å². The van der Waals surface area contributed by atoms with Gasteiger partial charge in [0, 0.05) is 17.3 Å². The first kappa shape index (κ1) is 14.3. The molecule has 0 saturated heterocycles. The van der Waals surface area contributed by atoms with Crippen molar-refractivity contribution in [3.8, 4) is 0 Å². The van der Waals surface area contributed by atoms with Gasteiger partial charge in [-0.05, 0) is 35.9 Å². The number of amides is 1. The molecule has 3 N–H and O–H groups in total. The lowest BCUT2D eigenvalue weighted by atomic mass is 10.1. The molecule has 0 saturated carbocycles. The summed E-state index contributed by atoms with van der Waals surface area (Å²) in [4.78, 5) is 11.0. The molecule has 6 heteroatoms. The molecule has 0 atom stereocenters. The number of halogens is 3. The topological polar surface area (TPSA) is 55.1 Å². The highest BCUT2D eigenvalue weighted by atomic mass is 35.5. The number of anilines is 1. The highest BCUT2D eigenvalue weighted by molar-refractivity contribution is 6.31. The Morgan fingerprint density at radius 2 is 1.95 bits per heavy atom. The minimum atomic E-state index is -0.842. The van der Waals surface area contributed by atoms with E-state index in [0.717, 1.165) is 6.07 Å². The lowest BCUT2D eigenvalue weighted by molar-refractivity contribution is 0.0996. The quantitative estimate of drug-likeness (QED) is 0.909. The van der Waals surface area contributed by atoms with Gasteiger partial charge < -0.3 is 11.1 Å². The fraction of sp³-hybridized carbons (Fsp3) is 0.0714. The predicted octanol–water partition coefficient (Wildman–Crippen LogP) is 3.33. The maximum Gasteiger partial charge on any atom is 0.251 e. The molecule has 0 fully saturated rings. The summed E-state index contributed by atoms with van der Waals surface area (Å²) < 4.78 is 26.2. The van der Waals surface area contributed by atoms with Crippen molar-refractivity contribution in [1.29, 1.82) is 0 Å². The van der Waals surface area contributed by atoms with Crippen molar-refractivity contribution in [1.82, 2.24) is 0 Å². The Kier molecular flexibility index (Phi) is 4.20. The zero-order chi connectivity index (χ0) is 14.7. The number of hydrogen-bond acceptors (Lipinski definition) is 2. The summed E-state index contributed by atoms with van der Waals surface area (Å²) in [5.41, 5.74) is 6.06. The van der Waals surface area contributed by atoms with Crippen LogP contribution in [0.3, 0.4) is 0 Å². The molecule has 0 bridgehead atoms. The lowest BCUT2D eigenvalue weighted by Crippen LogP contribution is -2.13. The second kappa shape index (κ2) is 5.88. The van der Waals surface area contributed by atoms with Crippen LogP contribution in [0.2, 0.25) is 5.02 Å². The highest BCUT2D eigenvalue weighted by Gasteiger charge is 2.09. The Morgan fingerprint density at radius 1 is 1.20 bits per heavy atom. The summed E-state index contributed by atoms with van der Waals surface area (Å²) in [6.45, 7) is 0.308. The first-order valence-electron chi connectivity index (χ1n) is 5.74. The number of nitrogens with two attached hydrogens (primary N) is 1. The first-order chi connectivity index (χ1) is 9.47. The Bertz CT molecular complexity index is 662. The molecular formula is C14H11ClF2N2O. The molecule has 0 radical (unpaired) electrons. The smallest absolute Gasteiger partial charge is 0.251 e. The summed E-state index contributed by atoms with van der Waals surface area (Å²) in [5.74, 6) is -1.94. The van der Waals surface area contributed by atoms with Gasteiger partial charge in [0.15, 0.2) is 0 Å². The van der Waals surface area contributed by atoms with Gasteiger partial charge in [0.2, 0.25) is 0 Å². The molecule has 104 valence electrons. The van der Waals surface area contributed by atoms with Crippen LogP contribution in [-0.2, 0) is 6.54 Å². The summed E-state index contributed by atoms with van der Waals surface area (Å²) in [5, 5.41) is 3.25. The van der Waals surface area contributed by atoms with Gasteiger partial charge in [0.05, 0.1) is 5.56 Å². The molecule has 0 aliphatic carbocycles. The van der Waals surface area contributed by atoms with E-state index in [2.05, 4.69) is 5.32 Å². The van der Waals surface area contributed by atoms with Gasteiger partial charge >= 0.3 is 0 Å². The minimum absolute atomic E-state index is 0.194. The number of rotatable bonds is 4. The molecule has 20 heavy (non-hydrogen) atoms. The van der Waals surface area contributed by atoms with Crippen molar-refractivity contribution in [3.05, 3.63) is 64.2 Å². The van der Waals surface area contributed by atoms with Crippen molar-refractivity contribution >= 4 is 23.2 Å². The largest absolute Gasteiger partial charge is 0.381 e. The molecule has 0 aromatic heterocycles. The molecule has 0 heterocycles. The van der Waals surface area contributed by atoms with Crippen molar-refractivity contribution < 1.29 is 13.6 Å². The molecule has 0 spiro atoms. The molecule has 0 aliphatic rings. The number of nitrogens with one attached hydrogen (secondary N) is 1. The van der Waals surface area contributed by atoms with Gasteiger partial charge in [-0.1, -0.05) is 17.7 Å². The second-order valence-electron chi connectivity index (χ2n) is 4.15. The Morgan fingerprint density at radius 3 is 2.60 bits per heavy atom. The zero-order valence-electron chi connectivity index (χ0n) is 10.3. The van der Waals surface area contributed by atoms with E-state index in [1.54, 1.807) is 6.07 Å². The molecule has 0 aliphatic heterocycles. The lowest BCUT2D eigenvalue weighted by Gasteiger charge is -2.09. The third-order valence-electron chi connectivity index (χ3n) is 2.73. The molecule has 1 amide bonds. The Labute approximate surface area is 119 Å². The summed E-state index contributed by atoms with van der Waals surface area (Å²) >= 11 is 5.89. The monoisotopic (exact) mass is 296 g/mol.